The Labute approximate surface area is 102 Å². The Hall–Kier alpha value is -2.07. The molecular weight excluding hydrogens is 236 g/mol. The molecule has 0 saturated heterocycles. The van der Waals surface area contributed by atoms with E-state index in [4.69, 9.17) is 17.3 Å². The van der Waals surface area contributed by atoms with Gasteiger partial charge in [-0.3, -0.25) is 10.1 Å². The summed E-state index contributed by atoms with van der Waals surface area (Å²) in [5.74, 6) is 0. The number of H-pyrrole nitrogens is 1. The van der Waals surface area contributed by atoms with E-state index in [1.54, 1.807) is 12.4 Å². The van der Waals surface area contributed by atoms with E-state index in [0.29, 0.717) is 10.7 Å². The van der Waals surface area contributed by atoms with Crippen molar-refractivity contribution in [3.63, 3.8) is 0 Å². The van der Waals surface area contributed by atoms with Crippen molar-refractivity contribution in [3.05, 3.63) is 41.7 Å². The fourth-order valence-corrected chi connectivity index (χ4v) is 2.09. The van der Waals surface area contributed by atoms with Crippen LogP contribution in [0.2, 0.25) is 5.02 Å². The number of hydrogen-bond donors (Lipinski definition) is 2. The number of fused-ring (bicyclic) bond motifs is 1. The number of benzene rings is 1. The maximum atomic E-state index is 6.18. The lowest BCUT2D eigenvalue weighted by Crippen LogP contribution is -1.88. The van der Waals surface area contributed by atoms with Crippen LogP contribution in [0.1, 0.15) is 0 Å². The van der Waals surface area contributed by atoms with Gasteiger partial charge in [-0.15, -0.1) is 0 Å². The third kappa shape index (κ3) is 1.62. The quantitative estimate of drug-likeness (QED) is 0.692. The third-order valence-electron chi connectivity index (χ3n) is 2.57. The van der Waals surface area contributed by atoms with Crippen LogP contribution in [0.25, 0.3) is 22.2 Å². The number of anilines is 1. The largest absolute Gasteiger partial charge is 0.397 e. The molecule has 0 aliphatic heterocycles. The summed E-state index contributed by atoms with van der Waals surface area (Å²) in [6, 6.07) is 7.47. The molecule has 3 rings (SSSR count). The van der Waals surface area contributed by atoms with E-state index in [1.807, 2.05) is 24.3 Å². The molecule has 3 N–H and O–H groups in total. The third-order valence-corrected chi connectivity index (χ3v) is 2.89. The number of hydrogen-bond acceptors (Lipinski definition) is 3. The lowest BCUT2D eigenvalue weighted by molar-refractivity contribution is 1.12. The zero-order valence-electron chi connectivity index (χ0n) is 8.81. The number of nitrogens with two attached hydrogens (primary N) is 1. The highest BCUT2D eigenvalue weighted by Gasteiger charge is 2.11. The van der Waals surface area contributed by atoms with Crippen molar-refractivity contribution in [1.82, 2.24) is 15.2 Å². The highest BCUT2D eigenvalue weighted by atomic mass is 35.5. The molecule has 0 radical (unpaired) electrons. The summed E-state index contributed by atoms with van der Waals surface area (Å²) >= 11 is 6.18. The van der Waals surface area contributed by atoms with Crippen LogP contribution in [-0.4, -0.2) is 15.2 Å². The number of aromatic amines is 1. The smallest absolute Gasteiger partial charge is 0.103 e. The standard InChI is InChI=1S/C12H9ClN4/c13-9-2-1-3-10-11(9)12(17-16-10)7-4-8(14)6-15-5-7/h1-6H,14H2,(H,16,17). The Balaban J connectivity index is 2.31. The second kappa shape index (κ2) is 3.75. The first kappa shape index (κ1) is 10.1. The van der Waals surface area contributed by atoms with Crippen LogP contribution < -0.4 is 5.73 Å². The summed E-state index contributed by atoms with van der Waals surface area (Å²) in [7, 11) is 0. The van der Waals surface area contributed by atoms with Crippen molar-refractivity contribution >= 4 is 28.2 Å². The summed E-state index contributed by atoms with van der Waals surface area (Å²) in [4.78, 5) is 4.05. The van der Waals surface area contributed by atoms with Crippen LogP contribution in [0, 0.1) is 0 Å². The van der Waals surface area contributed by atoms with Gasteiger partial charge in [-0.2, -0.15) is 5.10 Å². The topological polar surface area (TPSA) is 67.6 Å². The van der Waals surface area contributed by atoms with Crippen molar-refractivity contribution < 1.29 is 0 Å². The molecule has 5 heteroatoms. The van der Waals surface area contributed by atoms with E-state index in [0.717, 1.165) is 22.2 Å². The van der Waals surface area contributed by atoms with Gasteiger partial charge in [0, 0.05) is 23.3 Å². The van der Waals surface area contributed by atoms with Crippen LogP contribution >= 0.6 is 11.6 Å². The van der Waals surface area contributed by atoms with Crippen LogP contribution in [0.3, 0.4) is 0 Å². The Morgan fingerprint density at radius 3 is 2.94 bits per heavy atom. The molecule has 4 nitrogen and oxygen atoms in total. The zero-order valence-corrected chi connectivity index (χ0v) is 9.57. The molecule has 2 heterocycles. The molecule has 1 aromatic carbocycles. The van der Waals surface area contributed by atoms with Gasteiger partial charge in [-0.1, -0.05) is 17.7 Å². The van der Waals surface area contributed by atoms with Gasteiger partial charge in [0.1, 0.15) is 5.69 Å². The molecule has 0 amide bonds. The first-order valence-electron chi connectivity index (χ1n) is 5.09. The highest BCUT2D eigenvalue weighted by molar-refractivity contribution is 6.36. The first-order chi connectivity index (χ1) is 8.25. The minimum atomic E-state index is 0.603. The fourth-order valence-electron chi connectivity index (χ4n) is 1.83. The normalized spacial score (nSPS) is 10.9. The van der Waals surface area contributed by atoms with Crippen molar-refractivity contribution in [2.75, 3.05) is 5.73 Å². The lowest BCUT2D eigenvalue weighted by Gasteiger charge is -2.00. The van der Waals surface area contributed by atoms with Gasteiger partial charge in [0.2, 0.25) is 0 Å². The van der Waals surface area contributed by atoms with E-state index >= 15 is 0 Å². The second-order valence-corrected chi connectivity index (χ2v) is 4.15. The number of halogens is 1. The predicted molar refractivity (Wildman–Crippen MR) is 68.7 cm³/mol. The number of pyridine rings is 1. The molecule has 0 unspecified atom stereocenters. The molecule has 17 heavy (non-hydrogen) atoms. The fraction of sp³-hybridized carbons (Fsp3) is 0. The maximum Gasteiger partial charge on any atom is 0.103 e. The minimum absolute atomic E-state index is 0.603. The monoisotopic (exact) mass is 244 g/mol. The van der Waals surface area contributed by atoms with E-state index < -0.39 is 0 Å². The Morgan fingerprint density at radius 1 is 1.24 bits per heavy atom. The number of aromatic nitrogens is 3. The van der Waals surface area contributed by atoms with Crippen molar-refractivity contribution in [2.24, 2.45) is 0 Å². The second-order valence-electron chi connectivity index (χ2n) is 3.74. The van der Waals surface area contributed by atoms with E-state index in [9.17, 15) is 0 Å². The number of rotatable bonds is 1. The highest BCUT2D eigenvalue weighted by Crippen LogP contribution is 2.31. The van der Waals surface area contributed by atoms with Crippen LogP contribution in [-0.2, 0) is 0 Å². The molecular formula is C12H9ClN4. The molecule has 84 valence electrons. The summed E-state index contributed by atoms with van der Waals surface area (Å²) in [5, 5.41) is 8.76. The van der Waals surface area contributed by atoms with Crippen molar-refractivity contribution in [2.45, 2.75) is 0 Å². The summed E-state index contributed by atoms with van der Waals surface area (Å²) in [6.07, 6.45) is 3.31. The molecule has 3 aromatic rings. The molecule has 0 spiro atoms. The number of nitrogens with zero attached hydrogens (tertiary/aromatic N) is 2. The van der Waals surface area contributed by atoms with Gasteiger partial charge >= 0.3 is 0 Å². The Kier molecular flexibility index (Phi) is 2.23. The van der Waals surface area contributed by atoms with Crippen LogP contribution in [0.5, 0.6) is 0 Å². The van der Waals surface area contributed by atoms with Gasteiger partial charge in [0.25, 0.3) is 0 Å². The molecule has 0 fully saturated rings. The summed E-state index contributed by atoms with van der Waals surface area (Å²) < 4.78 is 0. The van der Waals surface area contributed by atoms with Gasteiger partial charge < -0.3 is 5.73 Å². The maximum absolute atomic E-state index is 6.18. The number of nitrogen functional groups attached to an aromatic ring is 1. The van der Waals surface area contributed by atoms with Gasteiger partial charge in [0.05, 0.1) is 16.2 Å². The van der Waals surface area contributed by atoms with E-state index in [-0.39, 0.29) is 0 Å². The Morgan fingerprint density at radius 2 is 2.12 bits per heavy atom. The molecule has 0 bridgehead atoms. The van der Waals surface area contributed by atoms with Crippen LogP contribution in [0.4, 0.5) is 5.69 Å². The van der Waals surface area contributed by atoms with Crippen molar-refractivity contribution in [3.8, 4) is 11.3 Å². The van der Waals surface area contributed by atoms with E-state index in [2.05, 4.69) is 15.2 Å². The van der Waals surface area contributed by atoms with Gasteiger partial charge in [-0.05, 0) is 18.2 Å². The molecule has 2 aromatic heterocycles. The average molecular weight is 245 g/mol. The average Bonchev–Trinajstić information content (AvgIpc) is 2.74. The van der Waals surface area contributed by atoms with Gasteiger partial charge in [0.15, 0.2) is 0 Å². The summed E-state index contributed by atoms with van der Waals surface area (Å²) in [6.45, 7) is 0. The predicted octanol–water partition coefficient (Wildman–Crippen LogP) is 2.86. The Bertz CT molecular complexity index is 690. The van der Waals surface area contributed by atoms with Crippen molar-refractivity contribution in [1.29, 1.82) is 0 Å². The van der Waals surface area contributed by atoms with Crippen LogP contribution in [0.15, 0.2) is 36.7 Å². The first-order valence-corrected chi connectivity index (χ1v) is 5.47. The molecule has 0 saturated carbocycles. The molecule has 0 aliphatic carbocycles. The minimum Gasteiger partial charge on any atom is -0.397 e. The van der Waals surface area contributed by atoms with E-state index in [1.165, 1.54) is 0 Å². The summed E-state index contributed by atoms with van der Waals surface area (Å²) in [5.41, 5.74) is 8.83. The molecule has 0 atom stereocenters. The lowest BCUT2D eigenvalue weighted by atomic mass is 10.1. The SMILES string of the molecule is Nc1cncc(-c2n[nH]c3cccc(Cl)c23)c1. The van der Waals surface area contributed by atoms with Gasteiger partial charge in [-0.25, -0.2) is 0 Å². The molecule has 0 aliphatic rings. The zero-order chi connectivity index (χ0) is 11.8. The number of nitrogens with one attached hydrogen (secondary N) is 1.